The minimum Gasteiger partial charge on any atom is -0.314 e. The lowest BCUT2D eigenvalue weighted by molar-refractivity contribution is 0.505. The molecule has 0 heterocycles. The van der Waals surface area contributed by atoms with E-state index in [-0.39, 0.29) is 11.9 Å². The molecule has 2 aromatic carbocycles. The fourth-order valence-corrected chi connectivity index (χ4v) is 2.82. The molecule has 2 aromatic rings. The van der Waals surface area contributed by atoms with Gasteiger partial charge in [0.05, 0.1) is 0 Å². The Morgan fingerprint density at radius 1 is 1.10 bits per heavy atom. The first-order valence-corrected chi connectivity index (χ1v) is 7.70. The van der Waals surface area contributed by atoms with Crippen LogP contribution in [0.4, 0.5) is 4.39 Å². The van der Waals surface area contributed by atoms with E-state index in [1.807, 2.05) is 12.1 Å². The summed E-state index contributed by atoms with van der Waals surface area (Å²) < 4.78 is 14.0. The molecule has 1 nitrogen and oxygen atoms in total. The van der Waals surface area contributed by atoms with Gasteiger partial charge in [0.2, 0.25) is 0 Å². The minimum absolute atomic E-state index is 0.172. The highest BCUT2D eigenvalue weighted by molar-refractivity contribution is 6.31. The predicted octanol–water partition coefficient (Wildman–Crippen LogP) is 4.55. The van der Waals surface area contributed by atoms with Crippen LogP contribution >= 0.6 is 11.6 Å². The molecule has 0 radical (unpaired) electrons. The first-order chi connectivity index (χ1) is 10.1. The Morgan fingerprint density at radius 2 is 1.86 bits per heavy atom. The molecule has 0 fully saturated rings. The lowest BCUT2D eigenvalue weighted by atomic mass is 9.96. The third-order valence-corrected chi connectivity index (χ3v) is 4.09. The number of likely N-dealkylation sites (N-methyl/N-ethyl adjacent to an activating group) is 1. The van der Waals surface area contributed by atoms with E-state index < -0.39 is 0 Å². The standard InChI is InChI=1S/C18H21ClFN/c1-3-21-15(11-14-8-5-4-7-13(14)2)12-16-17(19)9-6-10-18(16)20/h4-10,15,21H,3,11-12H2,1-2H3. The van der Waals surface area contributed by atoms with Crippen LogP contribution in [-0.2, 0) is 12.8 Å². The summed E-state index contributed by atoms with van der Waals surface area (Å²) in [5.41, 5.74) is 3.15. The molecule has 2 rings (SSSR count). The molecule has 0 aliphatic rings. The second kappa shape index (κ2) is 7.58. The van der Waals surface area contributed by atoms with Crippen molar-refractivity contribution < 1.29 is 4.39 Å². The SMILES string of the molecule is CCNC(Cc1ccccc1C)Cc1c(F)cccc1Cl. The summed E-state index contributed by atoms with van der Waals surface area (Å²) in [6, 6.07) is 13.3. The molecule has 0 bridgehead atoms. The van der Waals surface area contributed by atoms with Crippen molar-refractivity contribution in [2.75, 3.05) is 6.54 Å². The first-order valence-electron chi connectivity index (χ1n) is 7.32. The Labute approximate surface area is 131 Å². The summed E-state index contributed by atoms with van der Waals surface area (Å²) in [7, 11) is 0. The van der Waals surface area contributed by atoms with E-state index in [1.54, 1.807) is 12.1 Å². The topological polar surface area (TPSA) is 12.0 Å². The molecule has 21 heavy (non-hydrogen) atoms. The van der Waals surface area contributed by atoms with Crippen LogP contribution in [0, 0.1) is 12.7 Å². The predicted molar refractivity (Wildman–Crippen MR) is 87.5 cm³/mol. The molecular weight excluding hydrogens is 285 g/mol. The van der Waals surface area contributed by atoms with Crippen LogP contribution in [0.3, 0.4) is 0 Å². The maximum atomic E-state index is 14.0. The summed E-state index contributed by atoms with van der Waals surface area (Å²) >= 11 is 6.14. The molecular formula is C18H21ClFN. The quantitative estimate of drug-likeness (QED) is 0.825. The molecule has 0 saturated heterocycles. The third kappa shape index (κ3) is 4.29. The van der Waals surface area contributed by atoms with Gasteiger partial charge in [-0.1, -0.05) is 48.9 Å². The van der Waals surface area contributed by atoms with Crippen LogP contribution in [-0.4, -0.2) is 12.6 Å². The normalized spacial score (nSPS) is 12.4. The molecule has 0 aliphatic carbocycles. The maximum absolute atomic E-state index is 14.0. The monoisotopic (exact) mass is 305 g/mol. The second-order valence-electron chi connectivity index (χ2n) is 5.29. The van der Waals surface area contributed by atoms with Crippen molar-refractivity contribution in [1.82, 2.24) is 5.32 Å². The molecule has 0 aliphatic heterocycles. The smallest absolute Gasteiger partial charge is 0.127 e. The van der Waals surface area contributed by atoms with Gasteiger partial charge in [0.15, 0.2) is 0 Å². The van der Waals surface area contributed by atoms with Gasteiger partial charge < -0.3 is 5.32 Å². The number of rotatable bonds is 6. The summed E-state index contributed by atoms with van der Waals surface area (Å²) in [6.07, 6.45) is 1.46. The number of hydrogen-bond donors (Lipinski definition) is 1. The van der Waals surface area contributed by atoms with Gasteiger partial charge in [-0.05, 0) is 49.6 Å². The average molecular weight is 306 g/mol. The van der Waals surface area contributed by atoms with Gasteiger partial charge in [-0.15, -0.1) is 0 Å². The minimum atomic E-state index is -0.227. The first kappa shape index (κ1) is 16.0. The largest absolute Gasteiger partial charge is 0.314 e. The van der Waals surface area contributed by atoms with Gasteiger partial charge in [0.25, 0.3) is 0 Å². The highest BCUT2D eigenvalue weighted by atomic mass is 35.5. The number of benzene rings is 2. The fraction of sp³-hybridized carbons (Fsp3) is 0.333. The summed E-state index contributed by atoms with van der Waals surface area (Å²) in [5, 5.41) is 3.94. The lowest BCUT2D eigenvalue weighted by Gasteiger charge is -2.20. The van der Waals surface area contributed by atoms with E-state index in [0.29, 0.717) is 17.0 Å². The fourth-order valence-electron chi connectivity index (χ4n) is 2.58. The summed E-state index contributed by atoms with van der Waals surface area (Å²) in [6.45, 7) is 5.02. The maximum Gasteiger partial charge on any atom is 0.127 e. The molecule has 3 heteroatoms. The van der Waals surface area contributed by atoms with E-state index in [9.17, 15) is 4.39 Å². The summed E-state index contributed by atoms with van der Waals surface area (Å²) in [5.74, 6) is -0.227. The van der Waals surface area contributed by atoms with Crippen LogP contribution in [0.5, 0.6) is 0 Å². The van der Waals surface area contributed by atoms with Crippen LogP contribution in [0.2, 0.25) is 5.02 Å². The van der Waals surface area contributed by atoms with Gasteiger partial charge in [-0.3, -0.25) is 0 Å². The third-order valence-electron chi connectivity index (χ3n) is 3.73. The van der Waals surface area contributed by atoms with Gasteiger partial charge >= 0.3 is 0 Å². The van der Waals surface area contributed by atoms with E-state index in [4.69, 9.17) is 11.6 Å². The van der Waals surface area contributed by atoms with Crippen LogP contribution in [0.1, 0.15) is 23.6 Å². The second-order valence-corrected chi connectivity index (χ2v) is 5.70. The van der Waals surface area contributed by atoms with Crippen molar-refractivity contribution in [2.24, 2.45) is 0 Å². The molecule has 0 aromatic heterocycles. The van der Waals surface area contributed by atoms with E-state index in [2.05, 4.69) is 31.3 Å². The molecule has 0 amide bonds. The highest BCUT2D eigenvalue weighted by Gasteiger charge is 2.15. The van der Waals surface area contributed by atoms with Crippen LogP contribution < -0.4 is 5.32 Å². The number of hydrogen-bond acceptors (Lipinski definition) is 1. The molecule has 112 valence electrons. The Morgan fingerprint density at radius 3 is 2.52 bits per heavy atom. The Balaban J connectivity index is 2.18. The van der Waals surface area contributed by atoms with Crippen molar-refractivity contribution >= 4 is 11.6 Å². The van der Waals surface area contributed by atoms with Gasteiger partial charge in [-0.2, -0.15) is 0 Å². The van der Waals surface area contributed by atoms with E-state index in [0.717, 1.165) is 13.0 Å². The molecule has 1 unspecified atom stereocenters. The van der Waals surface area contributed by atoms with Crippen molar-refractivity contribution in [3.05, 3.63) is 70.0 Å². The van der Waals surface area contributed by atoms with Gasteiger partial charge in [0.1, 0.15) is 5.82 Å². The average Bonchev–Trinajstić information content (AvgIpc) is 2.45. The zero-order valence-electron chi connectivity index (χ0n) is 12.5. The van der Waals surface area contributed by atoms with Crippen molar-refractivity contribution in [3.63, 3.8) is 0 Å². The van der Waals surface area contributed by atoms with Crippen molar-refractivity contribution in [1.29, 1.82) is 0 Å². The Hall–Kier alpha value is -1.38. The Kier molecular flexibility index (Phi) is 5.77. The van der Waals surface area contributed by atoms with Gasteiger partial charge in [0, 0.05) is 16.6 Å². The highest BCUT2D eigenvalue weighted by Crippen LogP contribution is 2.22. The summed E-state index contributed by atoms with van der Waals surface area (Å²) in [4.78, 5) is 0. The van der Waals surface area contributed by atoms with E-state index in [1.165, 1.54) is 17.2 Å². The van der Waals surface area contributed by atoms with E-state index >= 15 is 0 Å². The number of halogens is 2. The zero-order chi connectivity index (χ0) is 15.2. The Bertz CT molecular complexity index is 577. The number of nitrogens with one attached hydrogen (secondary N) is 1. The van der Waals surface area contributed by atoms with Crippen molar-refractivity contribution in [3.8, 4) is 0 Å². The molecule has 0 saturated carbocycles. The molecule has 0 spiro atoms. The zero-order valence-corrected chi connectivity index (χ0v) is 13.3. The van der Waals surface area contributed by atoms with Crippen molar-refractivity contribution in [2.45, 2.75) is 32.7 Å². The molecule has 1 N–H and O–H groups in total. The van der Waals surface area contributed by atoms with Crippen LogP contribution in [0.15, 0.2) is 42.5 Å². The van der Waals surface area contributed by atoms with Crippen LogP contribution in [0.25, 0.3) is 0 Å². The number of aryl methyl sites for hydroxylation is 1. The molecule has 1 atom stereocenters. The lowest BCUT2D eigenvalue weighted by Crippen LogP contribution is -2.33. The van der Waals surface area contributed by atoms with Gasteiger partial charge in [-0.25, -0.2) is 4.39 Å².